The number of hydrogen-bond acceptors (Lipinski definition) is 5. The molecule has 23 heavy (non-hydrogen) atoms. The second-order valence-electron chi connectivity index (χ2n) is 6.05. The van der Waals surface area contributed by atoms with E-state index in [-0.39, 0.29) is 17.9 Å². The van der Waals surface area contributed by atoms with E-state index in [0.717, 1.165) is 6.42 Å². The highest BCUT2D eigenvalue weighted by molar-refractivity contribution is 7.88. The van der Waals surface area contributed by atoms with E-state index in [9.17, 15) is 13.2 Å². The first-order valence-corrected chi connectivity index (χ1v) is 9.57. The lowest BCUT2D eigenvalue weighted by atomic mass is 9.93. The van der Waals surface area contributed by atoms with Crippen molar-refractivity contribution in [2.24, 2.45) is 5.92 Å². The Morgan fingerprint density at radius 2 is 2.13 bits per heavy atom. The molecule has 0 N–H and O–H groups in total. The fourth-order valence-corrected chi connectivity index (χ4v) is 4.03. The lowest BCUT2D eigenvalue weighted by Crippen LogP contribution is -2.49. The number of sulfonamides is 1. The molecule has 0 bridgehead atoms. The van der Waals surface area contributed by atoms with Crippen molar-refractivity contribution in [1.29, 1.82) is 0 Å². The number of carbonyl (C=O) groups is 1. The number of carbonyl (C=O) groups excluding carboxylic acids is 1. The summed E-state index contributed by atoms with van der Waals surface area (Å²) in [4.78, 5) is 18.3. The molecule has 0 aliphatic carbocycles. The van der Waals surface area contributed by atoms with Gasteiger partial charge in [-0.25, -0.2) is 8.42 Å². The van der Waals surface area contributed by atoms with Crippen molar-refractivity contribution in [1.82, 2.24) is 14.2 Å². The van der Waals surface area contributed by atoms with Gasteiger partial charge in [-0.05, 0) is 18.6 Å². The number of nitrogens with zero attached hydrogens (tertiary/aromatic N) is 3. The third-order valence-electron chi connectivity index (χ3n) is 4.45. The van der Waals surface area contributed by atoms with Crippen LogP contribution in [-0.2, 0) is 14.8 Å². The number of pyridine rings is 1. The predicted octanol–water partition coefficient (Wildman–Crippen LogP) is 0.204. The van der Waals surface area contributed by atoms with Gasteiger partial charge in [0.2, 0.25) is 10.0 Å². The van der Waals surface area contributed by atoms with Crippen LogP contribution in [0.25, 0.3) is 0 Å². The van der Waals surface area contributed by atoms with Crippen molar-refractivity contribution in [3.8, 4) is 0 Å². The lowest BCUT2D eigenvalue weighted by molar-refractivity contribution is -0.0171. The molecule has 1 aromatic rings. The lowest BCUT2D eigenvalue weighted by Gasteiger charge is -2.37. The van der Waals surface area contributed by atoms with Gasteiger partial charge in [0.1, 0.15) is 5.69 Å². The molecular weight excluding hydrogens is 318 g/mol. The summed E-state index contributed by atoms with van der Waals surface area (Å²) in [5, 5.41) is 0. The molecule has 3 rings (SSSR count). The molecule has 0 aromatic carbocycles. The summed E-state index contributed by atoms with van der Waals surface area (Å²) in [5.74, 6) is 0.0249. The first-order chi connectivity index (χ1) is 10.9. The number of rotatable bonds is 2. The van der Waals surface area contributed by atoms with E-state index in [0.29, 0.717) is 38.5 Å². The Balaban J connectivity index is 1.69. The summed E-state index contributed by atoms with van der Waals surface area (Å²) in [6, 6.07) is 5.27. The largest absolute Gasteiger partial charge is 0.375 e. The second-order valence-corrected chi connectivity index (χ2v) is 8.03. The van der Waals surface area contributed by atoms with E-state index in [1.807, 2.05) is 0 Å². The van der Waals surface area contributed by atoms with Crippen LogP contribution in [0.2, 0.25) is 0 Å². The van der Waals surface area contributed by atoms with Crippen LogP contribution >= 0.6 is 0 Å². The van der Waals surface area contributed by atoms with Crippen LogP contribution in [0.5, 0.6) is 0 Å². The van der Waals surface area contributed by atoms with E-state index in [4.69, 9.17) is 4.74 Å². The third-order valence-corrected chi connectivity index (χ3v) is 5.72. The molecule has 2 fully saturated rings. The maximum absolute atomic E-state index is 12.5. The number of hydrogen-bond donors (Lipinski definition) is 0. The van der Waals surface area contributed by atoms with E-state index in [1.165, 1.54) is 10.6 Å². The molecule has 2 aliphatic heterocycles. The van der Waals surface area contributed by atoms with Crippen molar-refractivity contribution in [2.45, 2.75) is 12.5 Å². The molecule has 126 valence electrons. The zero-order chi connectivity index (χ0) is 16.4. The zero-order valence-electron chi connectivity index (χ0n) is 13.1. The monoisotopic (exact) mass is 339 g/mol. The molecule has 0 unspecified atom stereocenters. The number of ether oxygens (including phenoxy) is 1. The van der Waals surface area contributed by atoms with Gasteiger partial charge in [-0.3, -0.25) is 9.78 Å². The number of likely N-dealkylation sites (tertiary alicyclic amines) is 1. The smallest absolute Gasteiger partial charge is 0.272 e. The Kier molecular flexibility index (Phi) is 4.65. The fraction of sp³-hybridized carbons (Fsp3) is 0.600. The minimum Gasteiger partial charge on any atom is -0.375 e. The molecule has 0 spiro atoms. The van der Waals surface area contributed by atoms with Crippen molar-refractivity contribution < 1.29 is 17.9 Å². The van der Waals surface area contributed by atoms with Crippen LogP contribution in [0, 0.1) is 5.92 Å². The third kappa shape index (κ3) is 3.70. The first kappa shape index (κ1) is 16.4. The van der Waals surface area contributed by atoms with Crippen LogP contribution in [0.15, 0.2) is 24.4 Å². The van der Waals surface area contributed by atoms with Crippen molar-refractivity contribution in [2.75, 3.05) is 39.0 Å². The average molecular weight is 339 g/mol. The summed E-state index contributed by atoms with van der Waals surface area (Å²) in [6.07, 6.45) is 3.44. The van der Waals surface area contributed by atoms with Gasteiger partial charge in [0.15, 0.2) is 0 Å². The summed E-state index contributed by atoms with van der Waals surface area (Å²) in [6.45, 7) is 2.28. The summed E-state index contributed by atoms with van der Waals surface area (Å²) < 4.78 is 30.8. The molecule has 1 aromatic heterocycles. The molecule has 3 heterocycles. The molecular formula is C15H21N3O4S. The van der Waals surface area contributed by atoms with Gasteiger partial charge in [0.05, 0.1) is 19.0 Å². The van der Waals surface area contributed by atoms with Crippen molar-refractivity contribution in [3.05, 3.63) is 30.1 Å². The normalized spacial score (nSPS) is 26.4. The van der Waals surface area contributed by atoms with E-state index >= 15 is 0 Å². The molecule has 1 amide bonds. The fourth-order valence-electron chi connectivity index (χ4n) is 3.16. The number of fused-ring (bicyclic) bond motifs is 1. The number of amides is 1. The van der Waals surface area contributed by atoms with Crippen LogP contribution in [0.1, 0.15) is 16.9 Å². The molecule has 2 saturated heterocycles. The first-order valence-electron chi connectivity index (χ1n) is 7.72. The minimum absolute atomic E-state index is 0.100. The van der Waals surface area contributed by atoms with Gasteiger partial charge < -0.3 is 9.64 Å². The molecule has 0 saturated carbocycles. The van der Waals surface area contributed by atoms with Gasteiger partial charge in [0.25, 0.3) is 5.91 Å². The Bertz CT molecular complexity index is 665. The van der Waals surface area contributed by atoms with E-state index < -0.39 is 10.0 Å². The topological polar surface area (TPSA) is 79.8 Å². The molecule has 2 atom stereocenters. The zero-order valence-corrected chi connectivity index (χ0v) is 13.9. The summed E-state index contributed by atoms with van der Waals surface area (Å²) in [5.41, 5.74) is 0.428. The van der Waals surface area contributed by atoms with Crippen LogP contribution in [0.4, 0.5) is 0 Å². The minimum atomic E-state index is -3.21. The van der Waals surface area contributed by atoms with Crippen LogP contribution < -0.4 is 0 Å². The Labute approximate surface area is 136 Å². The van der Waals surface area contributed by atoms with Crippen molar-refractivity contribution in [3.63, 3.8) is 0 Å². The average Bonchev–Trinajstić information content (AvgIpc) is 2.76. The van der Waals surface area contributed by atoms with Gasteiger partial charge in [-0.15, -0.1) is 0 Å². The standard InChI is InChI=1S/C15H21N3O4S/c1-23(20,21)18-8-9-22-14-11-17(7-5-12(14)10-18)15(19)13-4-2-3-6-16-13/h2-4,6,12,14H,5,7-11H2,1H3/t12-,14-/m0/s1. The van der Waals surface area contributed by atoms with E-state index in [1.54, 1.807) is 29.3 Å². The molecule has 2 aliphatic rings. The van der Waals surface area contributed by atoms with Gasteiger partial charge in [-0.1, -0.05) is 6.07 Å². The van der Waals surface area contributed by atoms with Gasteiger partial charge in [0, 0.05) is 38.3 Å². The second kappa shape index (κ2) is 6.54. The number of aromatic nitrogens is 1. The molecule has 8 heteroatoms. The predicted molar refractivity (Wildman–Crippen MR) is 84.4 cm³/mol. The Morgan fingerprint density at radius 1 is 1.30 bits per heavy atom. The van der Waals surface area contributed by atoms with Crippen LogP contribution in [0.3, 0.4) is 0 Å². The van der Waals surface area contributed by atoms with Gasteiger partial charge >= 0.3 is 0 Å². The maximum Gasteiger partial charge on any atom is 0.272 e. The highest BCUT2D eigenvalue weighted by atomic mass is 32.2. The molecule has 0 radical (unpaired) electrons. The summed E-state index contributed by atoms with van der Waals surface area (Å²) >= 11 is 0. The maximum atomic E-state index is 12.5. The highest BCUT2D eigenvalue weighted by Crippen LogP contribution is 2.25. The Morgan fingerprint density at radius 3 is 2.83 bits per heavy atom. The van der Waals surface area contributed by atoms with E-state index in [2.05, 4.69) is 4.98 Å². The van der Waals surface area contributed by atoms with Crippen molar-refractivity contribution >= 4 is 15.9 Å². The Hall–Kier alpha value is -1.51. The van der Waals surface area contributed by atoms with Gasteiger partial charge in [-0.2, -0.15) is 4.31 Å². The SMILES string of the molecule is CS(=O)(=O)N1CCO[C@H]2CN(C(=O)c3ccccn3)CC[C@H]2C1. The number of piperidine rings is 1. The summed E-state index contributed by atoms with van der Waals surface area (Å²) in [7, 11) is -3.21. The molecule has 7 nitrogen and oxygen atoms in total. The highest BCUT2D eigenvalue weighted by Gasteiger charge is 2.37. The van der Waals surface area contributed by atoms with Crippen LogP contribution in [-0.4, -0.2) is 73.7 Å². The quantitative estimate of drug-likeness (QED) is 0.769.